The van der Waals surface area contributed by atoms with E-state index < -0.39 is 12.1 Å². The molecule has 0 aromatic heterocycles. The Morgan fingerprint density at radius 3 is 0.854 bits per heavy atom. The molecule has 466 valence electrons. The second kappa shape index (κ2) is 71.3. The van der Waals surface area contributed by atoms with Crippen molar-refractivity contribution < 1.29 is 15.0 Å². The molecule has 2 unspecified atom stereocenters. The van der Waals surface area contributed by atoms with Crippen molar-refractivity contribution in [1.29, 1.82) is 0 Å². The number of hydrogen-bond acceptors (Lipinski definition) is 3. The van der Waals surface area contributed by atoms with Crippen molar-refractivity contribution in [3.63, 3.8) is 0 Å². The van der Waals surface area contributed by atoms with Gasteiger partial charge in [0.05, 0.1) is 18.8 Å². The third-order valence-corrected chi connectivity index (χ3v) is 15.0. The lowest BCUT2D eigenvalue weighted by atomic mass is 10.0. The van der Waals surface area contributed by atoms with Crippen LogP contribution in [0.5, 0.6) is 0 Å². The second-order valence-electron chi connectivity index (χ2n) is 22.9. The second-order valence-corrected chi connectivity index (χ2v) is 22.9. The standard InChI is InChI=1S/C78H131NO3/c1-3-5-7-9-11-13-15-17-19-21-23-25-27-29-31-33-34-35-36-37-38-39-40-41-42-43-44-46-48-50-52-54-56-58-60-62-64-66-68-70-72-74-78(82)79-76(75-80)77(81)73-71-69-67-65-63-61-59-57-55-53-51-49-47-45-32-30-28-26-24-22-20-18-16-14-12-10-8-6-4-2/h5,7,11,13,17,19,23,25,29,31,34-35,37-38,40-41,43-44,48,50,54,56,63,65,71,73,76-77,80-81H,3-4,6,8-10,12,14-16,18,20-22,24,26-28,30,32-33,36,39,42,45-47,49,51-53,55,57-62,64,66-70,72,74-75H2,1-2H3,(H,79,82)/b7-5-,13-11-,19-17-,25-23-,31-29-,35-34-,38-37-,41-40-,44-43-,50-48-,56-54-,65-63+,73-71+. The van der Waals surface area contributed by atoms with Gasteiger partial charge in [-0.3, -0.25) is 4.79 Å². The maximum atomic E-state index is 12.5. The highest BCUT2D eigenvalue weighted by molar-refractivity contribution is 5.76. The summed E-state index contributed by atoms with van der Waals surface area (Å²) in [6.07, 6.45) is 113. The van der Waals surface area contributed by atoms with Crippen LogP contribution in [0.3, 0.4) is 0 Å². The van der Waals surface area contributed by atoms with Gasteiger partial charge in [0, 0.05) is 6.42 Å². The van der Waals surface area contributed by atoms with Crippen LogP contribution in [0, 0.1) is 0 Å². The van der Waals surface area contributed by atoms with Gasteiger partial charge in [0.2, 0.25) is 5.91 Å². The number of hydrogen-bond donors (Lipinski definition) is 3. The number of nitrogens with one attached hydrogen (secondary N) is 1. The van der Waals surface area contributed by atoms with Crippen molar-refractivity contribution in [2.24, 2.45) is 0 Å². The molecular formula is C78H131NO3. The summed E-state index contributed by atoms with van der Waals surface area (Å²) < 4.78 is 0. The molecule has 4 nitrogen and oxygen atoms in total. The van der Waals surface area contributed by atoms with Crippen molar-refractivity contribution in [2.45, 2.75) is 321 Å². The Hall–Kier alpha value is -3.99. The van der Waals surface area contributed by atoms with Crippen LogP contribution >= 0.6 is 0 Å². The minimum absolute atomic E-state index is 0.0886. The Labute approximate surface area is 509 Å². The minimum Gasteiger partial charge on any atom is -0.394 e. The largest absolute Gasteiger partial charge is 0.394 e. The molecule has 0 rings (SSSR count). The Balaban J connectivity index is 3.63. The highest BCUT2D eigenvalue weighted by Crippen LogP contribution is 2.17. The fourth-order valence-electron chi connectivity index (χ4n) is 9.79. The summed E-state index contributed by atoms with van der Waals surface area (Å²) in [5.41, 5.74) is 0. The lowest BCUT2D eigenvalue weighted by Gasteiger charge is -2.19. The van der Waals surface area contributed by atoms with E-state index in [1.54, 1.807) is 6.08 Å². The quantitative estimate of drug-likeness (QED) is 0.0420. The normalized spacial score (nSPS) is 13.8. The van der Waals surface area contributed by atoms with Crippen LogP contribution in [0.25, 0.3) is 0 Å². The van der Waals surface area contributed by atoms with E-state index in [0.717, 1.165) is 116 Å². The number of carbonyl (C=O) groups excluding carboxylic acids is 1. The number of aliphatic hydroxyl groups excluding tert-OH is 2. The molecule has 0 aromatic rings. The number of unbranched alkanes of at least 4 members (excludes halogenated alkanes) is 31. The van der Waals surface area contributed by atoms with Crippen molar-refractivity contribution in [3.05, 3.63) is 158 Å². The SMILES string of the molecule is CC/C=C\C/C=C\C/C=C\C/C=C\C/C=C\C/C=C\C/C=C\C/C=C\C/C=C\C/C=C\C/C=C\CCCCCCCCCC(=O)NC(CO)C(O)/C=C/CC/C=C/CCCCCCCCCCCCCCCCCCCCCCCCC. The zero-order chi connectivity index (χ0) is 59.1. The van der Waals surface area contributed by atoms with Gasteiger partial charge in [-0.15, -0.1) is 0 Å². The molecule has 0 saturated heterocycles. The first kappa shape index (κ1) is 78.0. The Morgan fingerprint density at radius 1 is 0.305 bits per heavy atom. The smallest absolute Gasteiger partial charge is 0.220 e. The zero-order valence-electron chi connectivity index (χ0n) is 53.7. The summed E-state index contributed by atoms with van der Waals surface area (Å²) in [4.78, 5) is 12.5. The van der Waals surface area contributed by atoms with E-state index in [2.05, 4.69) is 165 Å². The number of amides is 1. The van der Waals surface area contributed by atoms with Gasteiger partial charge in [0.15, 0.2) is 0 Å². The molecule has 3 N–H and O–H groups in total. The first-order valence-electron chi connectivity index (χ1n) is 34.7. The molecule has 0 aliphatic carbocycles. The number of aliphatic hydroxyl groups is 2. The van der Waals surface area contributed by atoms with Crippen LogP contribution in [0.4, 0.5) is 0 Å². The van der Waals surface area contributed by atoms with Crippen LogP contribution in [-0.2, 0) is 4.79 Å². The summed E-state index contributed by atoms with van der Waals surface area (Å²) in [6.45, 7) is 4.19. The highest BCUT2D eigenvalue weighted by atomic mass is 16.3. The Morgan fingerprint density at radius 2 is 0.549 bits per heavy atom. The molecule has 0 aliphatic heterocycles. The van der Waals surface area contributed by atoms with E-state index in [-0.39, 0.29) is 12.5 Å². The molecule has 0 radical (unpaired) electrons. The summed E-state index contributed by atoms with van der Waals surface area (Å²) in [5.74, 6) is -0.0886. The lowest BCUT2D eigenvalue weighted by molar-refractivity contribution is -0.123. The summed E-state index contributed by atoms with van der Waals surface area (Å²) >= 11 is 0. The molecule has 1 amide bonds. The van der Waals surface area contributed by atoms with Crippen LogP contribution in [0.1, 0.15) is 309 Å². The number of carbonyl (C=O) groups is 1. The van der Waals surface area contributed by atoms with Crippen LogP contribution < -0.4 is 5.32 Å². The van der Waals surface area contributed by atoms with E-state index in [9.17, 15) is 15.0 Å². The Kier molecular flexibility index (Phi) is 67.8. The van der Waals surface area contributed by atoms with Crippen LogP contribution in [0.2, 0.25) is 0 Å². The van der Waals surface area contributed by atoms with Crippen LogP contribution in [-0.4, -0.2) is 34.9 Å². The van der Waals surface area contributed by atoms with Crippen LogP contribution in [0.15, 0.2) is 158 Å². The molecule has 0 saturated carbocycles. The van der Waals surface area contributed by atoms with Gasteiger partial charge in [-0.1, -0.05) is 345 Å². The van der Waals surface area contributed by atoms with Crippen molar-refractivity contribution >= 4 is 5.91 Å². The van der Waals surface area contributed by atoms with Crippen molar-refractivity contribution in [2.75, 3.05) is 6.61 Å². The lowest BCUT2D eigenvalue weighted by Crippen LogP contribution is -2.45. The van der Waals surface area contributed by atoms with E-state index in [0.29, 0.717) is 6.42 Å². The fourth-order valence-corrected chi connectivity index (χ4v) is 9.79. The van der Waals surface area contributed by atoms with E-state index in [4.69, 9.17) is 0 Å². The van der Waals surface area contributed by atoms with Gasteiger partial charge < -0.3 is 15.5 Å². The molecule has 82 heavy (non-hydrogen) atoms. The van der Waals surface area contributed by atoms with Gasteiger partial charge in [-0.2, -0.15) is 0 Å². The van der Waals surface area contributed by atoms with Gasteiger partial charge in [0.25, 0.3) is 0 Å². The molecule has 4 heteroatoms. The van der Waals surface area contributed by atoms with E-state index >= 15 is 0 Å². The first-order chi connectivity index (χ1) is 40.7. The average molecular weight is 1130 g/mol. The minimum atomic E-state index is -0.880. The van der Waals surface area contributed by atoms with E-state index in [1.165, 1.54) is 173 Å². The number of allylic oxidation sites excluding steroid dienone is 25. The summed E-state index contributed by atoms with van der Waals surface area (Å²) in [7, 11) is 0. The maximum absolute atomic E-state index is 12.5. The highest BCUT2D eigenvalue weighted by Gasteiger charge is 2.18. The zero-order valence-corrected chi connectivity index (χ0v) is 53.7. The molecule has 0 bridgehead atoms. The molecule has 0 aromatic carbocycles. The average Bonchev–Trinajstić information content (AvgIpc) is 3.50. The first-order valence-corrected chi connectivity index (χ1v) is 34.7. The van der Waals surface area contributed by atoms with Gasteiger partial charge in [-0.05, 0) is 116 Å². The summed E-state index contributed by atoms with van der Waals surface area (Å²) in [5, 5.41) is 23.2. The third-order valence-electron chi connectivity index (χ3n) is 15.0. The molecule has 0 heterocycles. The predicted molar refractivity (Wildman–Crippen MR) is 368 cm³/mol. The van der Waals surface area contributed by atoms with Gasteiger partial charge >= 0.3 is 0 Å². The van der Waals surface area contributed by atoms with Crippen molar-refractivity contribution in [3.8, 4) is 0 Å². The predicted octanol–water partition coefficient (Wildman–Crippen LogP) is 24.0. The monoisotopic (exact) mass is 1130 g/mol. The van der Waals surface area contributed by atoms with Gasteiger partial charge in [-0.25, -0.2) is 0 Å². The summed E-state index contributed by atoms with van der Waals surface area (Å²) in [6, 6.07) is -0.659. The van der Waals surface area contributed by atoms with E-state index in [1.807, 2.05) is 6.08 Å². The molecule has 0 spiro atoms. The third kappa shape index (κ3) is 66.8. The molecule has 2 atom stereocenters. The molecular weight excluding hydrogens is 999 g/mol. The maximum Gasteiger partial charge on any atom is 0.220 e. The number of rotatable bonds is 62. The molecule has 0 aliphatic rings. The van der Waals surface area contributed by atoms with Gasteiger partial charge in [0.1, 0.15) is 0 Å². The Bertz CT molecular complexity index is 1710. The fraction of sp³-hybridized carbons (Fsp3) is 0.654. The molecule has 0 fully saturated rings. The van der Waals surface area contributed by atoms with Crippen molar-refractivity contribution in [1.82, 2.24) is 5.32 Å². The topological polar surface area (TPSA) is 69.6 Å².